The van der Waals surface area contributed by atoms with Crippen molar-refractivity contribution in [2.75, 3.05) is 6.54 Å². The Morgan fingerprint density at radius 2 is 1.68 bits per heavy atom. The van der Waals surface area contributed by atoms with E-state index >= 15 is 0 Å². The molecule has 2 aromatic carbocycles. The van der Waals surface area contributed by atoms with Crippen molar-refractivity contribution in [2.24, 2.45) is 0 Å². The molecule has 4 nitrogen and oxygen atoms in total. The Bertz CT molecular complexity index is 681. The van der Waals surface area contributed by atoms with E-state index in [0.717, 1.165) is 18.4 Å². The lowest BCUT2D eigenvalue weighted by Crippen LogP contribution is -2.47. The van der Waals surface area contributed by atoms with Gasteiger partial charge in [-0.25, -0.2) is 0 Å². The molecule has 2 amide bonds. The summed E-state index contributed by atoms with van der Waals surface area (Å²) in [6, 6.07) is 16.9. The van der Waals surface area contributed by atoms with E-state index in [1.165, 1.54) is 5.56 Å². The zero-order valence-electron chi connectivity index (χ0n) is 14.9. The molecule has 0 bridgehead atoms. The SMILES string of the molecule is CCCC(NC(=O)c1ccc(C)cc1)C(=O)NCCc1ccccc1. The summed E-state index contributed by atoms with van der Waals surface area (Å²) < 4.78 is 0. The van der Waals surface area contributed by atoms with Gasteiger partial charge in [0.05, 0.1) is 0 Å². The van der Waals surface area contributed by atoms with E-state index in [0.29, 0.717) is 18.5 Å². The number of amides is 2. The molecule has 0 saturated carbocycles. The molecule has 2 N–H and O–H groups in total. The minimum absolute atomic E-state index is 0.127. The van der Waals surface area contributed by atoms with Gasteiger partial charge in [0.25, 0.3) is 5.91 Å². The van der Waals surface area contributed by atoms with Gasteiger partial charge in [0.15, 0.2) is 0 Å². The van der Waals surface area contributed by atoms with Gasteiger partial charge in [-0.3, -0.25) is 9.59 Å². The number of hydrogen-bond donors (Lipinski definition) is 2. The summed E-state index contributed by atoms with van der Waals surface area (Å²) >= 11 is 0. The van der Waals surface area contributed by atoms with Crippen molar-refractivity contribution in [1.29, 1.82) is 0 Å². The van der Waals surface area contributed by atoms with Gasteiger partial charge in [-0.15, -0.1) is 0 Å². The van der Waals surface area contributed by atoms with Crippen LogP contribution in [0.15, 0.2) is 54.6 Å². The van der Waals surface area contributed by atoms with Gasteiger partial charge in [0.2, 0.25) is 5.91 Å². The molecule has 2 aromatic rings. The van der Waals surface area contributed by atoms with E-state index in [-0.39, 0.29) is 11.8 Å². The number of rotatable bonds is 8. The van der Waals surface area contributed by atoms with E-state index in [4.69, 9.17) is 0 Å². The highest BCUT2D eigenvalue weighted by molar-refractivity contribution is 5.97. The highest BCUT2D eigenvalue weighted by Gasteiger charge is 2.20. The largest absolute Gasteiger partial charge is 0.354 e. The first-order chi connectivity index (χ1) is 12.1. The van der Waals surface area contributed by atoms with E-state index in [1.54, 1.807) is 12.1 Å². The van der Waals surface area contributed by atoms with Crippen LogP contribution in [0.2, 0.25) is 0 Å². The molecule has 132 valence electrons. The minimum Gasteiger partial charge on any atom is -0.354 e. The summed E-state index contributed by atoms with van der Waals surface area (Å²) in [6.07, 6.45) is 2.22. The van der Waals surface area contributed by atoms with Crippen LogP contribution < -0.4 is 10.6 Å². The highest BCUT2D eigenvalue weighted by Crippen LogP contribution is 2.05. The molecule has 25 heavy (non-hydrogen) atoms. The van der Waals surface area contributed by atoms with Crippen molar-refractivity contribution in [2.45, 2.75) is 39.2 Å². The van der Waals surface area contributed by atoms with E-state index < -0.39 is 6.04 Å². The molecule has 4 heteroatoms. The third-order valence-corrected chi connectivity index (χ3v) is 4.07. The first kappa shape index (κ1) is 18.7. The molecule has 0 fully saturated rings. The predicted molar refractivity (Wildman–Crippen MR) is 100 cm³/mol. The molecular weight excluding hydrogens is 312 g/mol. The summed E-state index contributed by atoms with van der Waals surface area (Å²) in [5.74, 6) is -0.338. The maximum atomic E-state index is 12.4. The van der Waals surface area contributed by atoms with Gasteiger partial charge >= 0.3 is 0 Å². The van der Waals surface area contributed by atoms with Crippen LogP contribution >= 0.6 is 0 Å². The third-order valence-electron chi connectivity index (χ3n) is 4.07. The van der Waals surface area contributed by atoms with Gasteiger partial charge in [-0.1, -0.05) is 61.4 Å². The average molecular weight is 338 g/mol. The van der Waals surface area contributed by atoms with Crippen LogP contribution in [0.3, 0.4) is 0 Å². The Hall–Kier alpha value is -2.62. The Labute approximate surface area is 149 Å². The molecule has 0 aromatic heterocycles. The van der Waals surface area contributed by atoms with Crippen LogP contribution in [0.25, 0.3) is 0 Å². The van der Waals surface area contributed by atoms with E-state index in [9.17, 15) is 9.59 Å². The molecule has 2 rings (SSSR count). The lowest BCUT2D eigenvalue weighted by molar-refractivity contribution is -0.123. The second-order valence-corrected chi connectivity index (χ2v) is 6.21. The number of aryl methyl sites for hydroxylation is 1. The smallest absolute Gasteiger partial charge is 0.251 e. The number of nitrogens with one attached hydrogen (secondary N) is 2. The van der Waals surface area contributed by atoms with Crippen molar-refractivity contribution in [3.63, 3.8) is 0 Å². The average Bonchev–Trinajstić information content (AvgIpc) is 2.62. The summed E-state index contributed by atoms with van der Waals surface area (Å²) in [5.41, 5.74) is 2.85. The van der Waals surface area contributed by atoms with Gasteiger partial charge in [-0.2, -0.15) is 0 Å². The van der Waals surface area contributed by atoms with Crippen LogP contribution in [0.1, 0.15) is 41.3 Å². The fourth-order valence-corrected chi connectivity index (χ4v) is 2.60. The molecule has 0 radical (unpaired) electrons. The van der Waals surface area contributed by atoms with Crippen molar-refractivity contribution in [3.8, 4) is 0 Å². The first-order valence-corrected chi connectivity index (χ1v) is 8.79. The van der Waals surface area contributed by atoms with Crippen LogP contribution in [-0.4, -0.2) is 24.4 Å². The maximum absolute atomic E-state index is 12.4. The topological polar surface area (TPSA) is 58.2 Å². The Kier molecular flexibility index (Phi) is 7.20. The van der Waals surface area contributed by atoms with E-state index in [1.807, 2.05) is 56.3 Å². The summed E-state index contributed by atoms with van der Waals surface area (Å²) in [7, 11) is 0. The zero-order valence-corrected chi connectivity index (χ0v) is 14.9. The summed E-state index contributed by atoms with van der Waals surface area (Å²) in [5, 5.41) is 5.78. The summed E-state index contributed by atoms with van der Waals surface area (Å²) in [6.45, 7) is 4.54. The molecule has 0 aliphatic carbocycles. The lowest BCUT2D eigenvalue weighted by atomic mass is 10.1. The number of hydrogen-bond acceptors (Lipinski definition) is 2. The molecule has 1 unspecified atom stereocenters. The van der Waals surface area contributed by atoms with Crippen molar-refractivity contribution < 1.29 is 9.59 Å². The van der Waals surface area contributed by atoms with Crippen LogP contribution in [0.5, 0.6) is 0 Å². The lowest BCUT2D eigenvalue weighted by Gasteiger charge is -2.18. The third kappa shape index (κ3) is 6.07. The van der Waals surface area contributed by atoms with Crippen molar-refractivity contribution in [3.05, 3.63) is 71.3 Å². The standard InChI is InChI=1S/C21H26N2O2/c1-3-7-19(23-20(24)18-12-10-16(2)11-13-18)21(25)22-15-14-17-8-5-4-6-9-17/h4-6,8-13,19H,3,7,14-15H2,1-2H3,(H,22,25)(H,23,24). The second-order valence-electron chi connectivity index (χ2n) is 6.21. The Balaban J connectivity index is 1.88. The molecular formula is C21H26N2O2. The zero-order chi connectivity index (χ0) is 18.1. The summed E-state index contributed by atoms with van der Waals surface area (Å²) in [4.78, 5) is 24.8. The van der Waals surface area contributed by atoms with Crippen LogP contribution in [0.4, 0.5) is 0 Å². The number of benzene rings is 2. The van der Waals surface area contributed by atoms with Crippen molar-refractivity contribution >= 4 is 11.8 Å². The molecule has 0 aliphatic rings. The Morgan fingerprint density at radius 1 is 1.00 bits per heavy atom. The fourth-order valence-electron chi connectivity index (χ4n) is 2.60. The van der Waals surface area contributed by atoms with Crippen LogP contribution in [0, 0.1) is 6.92 Å². The number of carbonyl (C=O) groups excluding carboxylic acids is 2. The minimum atomic E-state index is -0.505. The maximum Gasteiger partial charge on any atom is 0.251 e. The van der Waals surface area contributed by atoms with Gasteiger partial charge in [0.1, 0.15) is 6.04 Å². The van der Waals surface area contributed by atoms with Crippen molar-refractivity contribution in [1.82, 2.24) is 10.6 Å². The van der Waals surface area contributed by atoms with Crippen LogP contribution in [-0.2, 0) is 11.2 Å². The second kappa shape index (κ2) is 9.62. The van der Waals surface area contributed by atoms with Gasteiger partial charge in [0, 0.05) is 12.1 Å². The quantitative estimate of drug-likeness (QED) is 0.776. The highest BCUT2D eigenvalue weighted by atomic mass is 16.2. The molecule has 0 heterocycles. The fraction of sp³-hybridized carbons (Fsp3) is 0.333. The molecule has 0 saturated heterocycles. The molecule has 0 spiro atoms. The normalized spacial score (nSPS) is 11.6. The monoisotopic (exact) mass is 338 g/mol. The first-order valence-electron chi connectivity index (χ1n) is 8.79. The van der Waals surface area contributed by atoms with Gasteiger partial charge in [-0.05, 0) is 37.5 Å². The molecule has 1 atom stereocenters. The molecule has 0 aliphatic heterocycles. The Morgan fingerprint density at radius 3 is 2.32 bits per heavy atom. The van der Waals surface area contributed by atoms with E-state index in [2.05, 4.69) is 10.6 Å². The predicted octanol–water partition coefficient (Wildman–Crippen LogP) is 3.25. The van der Waals surface area contributed by atoms with Gasteiger partial charge < -0.3 is 10.6 Å². The number of carbonyl (C=O) groups is 2.